The van der Waals surface area contributed by atoms with Gasteiger partial charge in [0.05, 0.1) is 6.42 Å². The lowest BCUT2D eigenvalue weighted by Crippen LogP contribution is -2.44. The van der Waals surface area contributed by atoms with E-state index in [-0.39, 0.29) is 17.9 Å². The Kier molecular flexibility index (Phi) is 6.76. The van der Waals surface area contributed by atoms with Crippen molar-refractivity contribution in [2.45, 2.75) is 66.3 Å². The summed E-state index contributed by atoms with van der Waals surface area (Å²) in [5, 5.41) is 9.16. The van der Waals surface area contributed by atoms with Gasteiger partial charge >= 0.3 is 5.97 Å². The van der Waals surface area contributed by atoms with Gasteiger partial charge in [-0.15, -0.1) is 0 Å². The smallest absolute Gasteiger partial charge is 0.303 e. The van der Waals surface area contributed by atoms with Gasteiger partial charge in [-0.05, 0) is 36.5 Å². The maximum Gasteiger partial charge on any atom is 0.303 e. The van der Waals surface area contributed by atoms with E-state index in [0.717, 1.165) is 19.3 Å². The molecular weight excluding hydrogens is 214 g/mol. The fraction of sp³-hybridized carbons (Fsp3) is 0.929. The minimum absolute atomic E-state index is 0.0246. The van der Waals surface area contributed by atoms with E-state index in [1.807, 2.05) is 6.92 Å². The Balaban J connectivity index is 5.10. The van der Waals surface area contributed by atoms with Crippen LogP contribution in [0.4, 0.5) is 0 Å². The van der Waals surface area contributed by atoms with Crippen molar-refractivity contribution in [3.05, 3.63) is 0 Å². The summed E-state index contributed by atoms with van der Waals surface area (Å²) in [7, 11) is 0. The third-order valence-electron chi connectivity index (χ3n) is 3.36. The van der Waals surface area contributed by atoms with Crippen molar-refractivity contribution < 1.29 is 9.90 Å². The molecule has 0 heterocycles. The number of carbonyl (C=O) groups is 1. The van der Waals surface area contributed by atoms with Gasteiger partial charge in [0, 0.05) is 6.04 Å². The highest BCUT2D eigenvalue weighted by molar-refractivity contribution is 5.67. The highest BCUT2D eigenvalue weighted by Gasteiger charge is 2.38. The molecule has 3 heteroatoms. The summed E-state index contributed by atoms with van der Waals surface area (Å²) in [6, 6.07) is -0.0246. The highest BCUT2D eigenvalue weighted by Crippen LogP contribution is 2.40. The number of hydrogen-bond acceptors (Lipinski definition) is 2. The number of rotatable bonds is 8. The molecule has 0 aromatic carbocycles. The Morgan fingerprint density at radius 3 is 1.82 bits per heavy atom. The normalized spacial score (nSPS) is 14.4. The molecule has 3 N–H and O–H groups in total. The van der Waals surface area contributed by atoms with Crippen molar-refractivity contribution in [1.82, 2.24) is 0 Å². The Labute approximate surface area is 106 Å². The van der Waals surface area contributed by atoms with Gasteiger partial charge in [0.15, 0.2) is 0 Å². The molecule has 0 fully saturated rings. The summed E-state index contributed by atoms with van der Waals surface area (Å²) >= 11 is 0. The van der Waals surface area contributed by atoms with Crippen molar-refractivity contribution in [2.24, 2.45) is 23.0 Å². The molecule has 1 atom stereocenters. The zero-order valence-corrected chi connectivity index (χ0v) is 12.0. The number of carboxylic acids is 1. The summed E-state index contributed by atoms with van der Waals surface area (Å²) in [6.45, 7) is 10.6. The summed E-state index contributed by atoms with van der Waals surface area (Å²) in [5.41, 5.74) is 5.99. The van der Waals surface area contributed by atoms with Crippen molar-refractivity contribution in [3.63, 3.8) is 0 Å². The predicted octanol–water partition coefficient (Wildman–Crippen LogP) is 3.28. The van der Waals surface area contributed by atoms with E-state index in [2.05, 4.69) is 27.7 Å². The SMILES string of the molecule is CCC(N)C(CC(=O)O)(CC(C)C)CC(C)C. The van der Waals surface area contributed by atoms with Crippen LogP contribution in [0, 0.1) is 17.3 Å². The minimum Gasteiger partial charge on any atom is -0.481 e. The first-order valence-corrected chi connectivity index (χ1v) is 6.71. The molecule has 0 aliphatic carbocycles. The van der Waals surface area contributed by atoms with E-state index in [4.69, 9.17) is 10.8 Å². The predicted molar refractivity (Wildman–Crippen MR) is 71.9 cm³/mol. The van der Waals surface area contributed by atoms with Gasteiger partial charge in [0.2, 0.25) is 0 Å². The molecule has 17 heavy (non-hydrogen) atoms. The third-order valence-corrected chi connectivity index (χ3v) is 3.36. The molecule has 0 saturated heterocycles. The van der Waals surface area contributed by atoms with Gasteiger partial charge in [-0.3, -0.25) is 4.79 Å². The van der Waals surface area contributed by atoms with Crippen LogP contribution in [0.3, 0.4) is 0 Å². The molecule has 0 bridgehead atoms. The lowest BCUT2D eigenvalue weighted by atomic mass is 9.66. The summed E-state index contributed by atoms with van der Waals surface area (Å²) < 4.78 is 0. The zero-order valence-electron chi connectivity index (χ0n) is 12.0. The van der Waals surface area contributed by atoms with Crippen LogP contribution < -0.4 is 5.73 Å². The Morgan fingerprint density at radius 2 is 1.59 bits per heavy atom. The topological polar surface area (TPSA) is 63.3 Å². The van der Waals surface area contributed by atoms with Crippen LogP contribution in [0.1, 0.15) is 60.3 Å². The second kappa shape index (κ2) is 7.00. The van der Waals surface area contributed by atoms with Gasteiger partial charge in [-0.25, -0.2) is 0 Å². The van der Waals surface area contributed by atoms with Gasteiger partial charge in [0.1, 0.15) is 0 Å². The first-order valence-electron chi connectivity index (χ1n) is 6.71. The minimum atomic E-state index is -0.727. The molecule has 3 nitrogen and oxygen atoms in total. The second-order valence-electron chi connectivity index (χ2n) is 6.14. The average molecular weight is 243 g/mol. The molecule has 1 unspecified atom stereocenters. The van der Waals surface area contributed by atoms with E-state index in [0.29, 0.717) is 11.8 Å². The van der Waals surface area contributed by atoms with E-state index >= 15 is 0 Å². The van der Waals surface area contributed by atoms with Crippen LogP contribution in [0.2, 0.25) is 0 Å². The fourth-order valence-electron chi connectivity index (χ4n) is 3.02. The third kappa shape index (κ3) is 5.53. The summed E-state index contributed by atoms with van der Waals surface area (Å²) in [6.07, 6.45) is 2.82. The zero-order chi connectivity index (χ0) is 13.6. The molecule has 0 aromatic rings. The van der Waals surface area contributed by atoms with Crippen LogP contribution in [0.5, 0.6) is 0 Å². The highest BCUT2D eigenvalue weighted by atomic mass is 16.4. The van der Waals surface area contributed by atoms with Crippen molar-refractivity contribution in [2.75, 3.05) is 0 Å². The lowest BCUT2D eigenvalue weighted by molar-refractivity contribution is -0.141. The molecule has 0 aliphatic heterocycles. The van der Waals surface area contributed by atoms with Crippen LogP contribution >= 0.6 is 0 Å². The molecule has 0 aromatic heterocycles. The fourth-order valence-corrected chi connectivity index (χ4v) is 3.02. The van der Waals surface area contributed by atoms with E-state index in [1.165, 1.54) is 0 Å². The van der Waals surface area contributed by atoms with Gasteiger partial charge in [-0.2, -0.15) is 0 Å². The van der Waals surface area contributed by atoms with Crippen LogP contribution in [-0.4, -0.2) is 17.1 Å². The first kappa shape index (κ1) is 16.4. The van der Waals surface area contributed by atoms with Crippen LogP contribution in [0.25, 0.3) is 0 Å². The lowest BCUT2D eigenvalue weighted by Gasteiger charge is -2.40. The van der Waals surface area contributed by atoms with Crippen molar-refractivity contribution in [3.8, 4) is 0 Å². The Bertz CT molecular complexity index is 226. The monoisotopic (exact) mass is 243 g/mol. The average Bonchev–Trinajstić information content (AvgIpc) is 2.12. The van der Waals surface area contributed by atoms with Crippen LogP contribution in [-0.2, 0) is 4.79 Å². The molecule has 0 aliphatic rings. The summed E-state index contributed by atoms with van der Waals surface area (Å²) in [5.74, 6) is 0.228. The maximum absolute atomic E-state index is 11.1. The van der Waals surface area contributed by atoms with Crippen molar-refractivity contribution in [1.29, 1.82) is 0 Å². The molecule has 0 saturated carbocycles. The van der Waals surface area contributed by atoms with Crippen molar-refractivity contribution >= 4 is 5.97 Å². The maximum atomic E-state index is 11.1. The van der Waals surface area contributed by atoms with E-state index in [1.54, 1.807) is 0 Å². The largest absolute Gasteiger partial charge is 0.481 e. The quantitative estimate of drug-likeness (QED) is 0.687. The second-order valence-corrected chi connectivity index (χ2v) is 6.14. The molecule has 102 valence electrons. The molecule has 0 amide bonds. The number of hydrogen-bond donors (Lipinski definition) is 2. The molecule has 0 rings (SSSR count). The number of carboxylic acid groups (broad SMARTS) is 1. The standard InChI is InChI=1S/C14H29NO2/c1-6-12(15)14(7-10(2)3,8-11(4)5)9-13(16)17/h10-12H,6-9,15H2,1-5H3,(H,16,17). The van der Waals surface area contributed by atoms with Gasteiger partial charge in [-0.1, -0.05) is 34.6 Å². The Morgan fingerprint density at radius 1 is 1.18 bits per heavy atom. The van der Waals surface area contributed by atoms with Gasteiger partial charge < -0.3 is 10.8 Å². The number of nitrogens with two attached hydrogens (primary N) is 1. The van der Waals surface area contributed by atoms with E-state index in [9.17, 15) is 4.79 Å². The Hall–Kier alpha value is -0.570. The number of aliphatic carboxylic acids is 1. The first-order chi connectivity index (χ1) is 7.73. The summed E-state index contributed by atoms with van der Waals surface area (Å²) in [4.78, 5) is 11.1. The molecular formula is C14H29NO2. The van der Waals surface area contributed by atoms with Crippen LogP contribution in [0.15, 0.2) is 0 Å². The van der Waals surface area contributed by atoms with Gasteiger partial charge in [0.25, 0.3) is 0 Å². The van der Waals surface area contributed by atoms with E-state index < -0.39 is 5.97 Å². The molecule has 0 spiro atoms. The molecule has 0 radical (unpaired) electrons.